The molecule has 0 bridgehead atoms. The highest BCUT2D eigenvalue weighted by atomic mass is 16.1. The summed E-state index contributed by atoms with van der Waals surface area (Å²) >= 11 is 0. The van der Waals surface area contributed by atoms with Crippen LogP contribution in [0.25, 0.3) is 0 Å². The van der Waals surface area contributed by atoms with Crippen LogP contribution in [0.3, 0.4) is 0 Å². The van der Waals surface area contributed by atoms with E-state index in [1.54, 1.807) is 0 Å². The molecule has 1 fully saturated rings. The number of carbonyl (C=O) groups excluding carboxylic acids is 1. The van der Waals surface area contributed by atoms with E-state index in [4.69, 9.17) is 0 Å². The summed E-state index contributed by atoms with van der Waals surface area (Å²) in [6.07, 6.45) is 6.41. The van der Waals surface area contributed by atoms with Crippen molar-refractivity contribution in [1.29, 1.82) is 0 Å². The maximum Gasteiger partial charge on any atom is 0.152 e. The standard InChI is InChI=1S/C14H27NO/c1-10(2)14(16)13(15-11(3)4)9-12-7-5-6-8-12/h10-13,15H,5-9H2,1-4H3. The van der Waals surface area contributed by atoms with Gasteiger partial charge in [0.2, 0.25) is 0 Å². The lowest BCUT2D eigenvalue weighted by Crippen LogP contribution is -2.43. The second kappa shape index (κ2) is 6.39. The average Bonchev–Trinajstić information content (AvgIpc) is 2.67. The number of hydrogen-bond donors (Lipinski definition) is 1. The summed E-state index contributed by atoms with van der Waals surface area (Å²) in [7, 11) is 0. The van der Waals surface area contributed by atoms with Crippen LogP contribution in [-0.4, -0.2) is 17.9 Å². The third kappa shape index (κ3) is 4.25. The van der Waals surface area contributed by atoms with Gasteiger partial charge in [0.15, 0.2) is 5.78 Å². The third-order valence-corrected chi connectivity index (χ3v) is 3.49. The van der Waals surface area contributed by atoms with Gasteiger partial charge < -0.3 is 5.32 Å². The van der Waals surface area contributed by atoms with Crippen molar-refractivity contribution in [2.45, 2.75) is 71.9 Å². The highest BCUT2D eigenvalue weighted by molar-refractivity contribution is 5.85. The molecule has 1 aliphatic rings. The van der Waals surface area contributed by atoms with E-state index in [9.17, 15) is 4.79 Å². The van der Waals surface area contributed by atoms with Crippen molar-refractivity contribution >= 4 is 5.78 Å². The van der Waals surface area contributed by atoms with E-state index in [0.29, 0.717) is 11.8 Å². The number of hydrogen-bond acceptors (Lipinski definition) is 2. The molecule has 0 aromatic heterocycles. The first kappa shape index (κ1) is 13.7. The van der Waals surface area contributed by atoms with E-state index in [2.05, 4.69) is 19.2 Å². The van der Waals surface area contributed by atoms with Crippen molar-refractivity contribution in [2.75, 3.05) is 0 Å². The van der Waals surface area contributed by atoms with E-state index in [0.717, 1.165) is 12.3 Å². The SMILES string of the molecule is CC(C)NC(CC1CCCC1)C(=O)C(C)C. The number of nitrogens with one attached hydrogen (secondary N) is 1. The van der Waals surface area contributed by atoms with Gasteiger partial charge in [-0.15, -0.1) is 0 Å². The van der Waals surface area contributed by atoms with Crippen LogP contribution in [0.15, 0.2) is 0 Å². The Labute approximate surface area is 100 Å². The van der Waals surface area contributed by atoms with E-state index in [1.807, 2.05) is 13.8 Å². The van der Waals surface area contributed by atoms with Crippen molar-refractivity contribution in [1.82, 2.24) is 5.32 Å². The Kier molecular flexibility index (Phi) is 5.47. The van der Waals surface area contributed by atoms with Gasteiger partial charge in [-0.3, -0.25) is 4.79 Å². The Morgan fingerprint density at radius 3 is 2.19 bits per heavy atom. The van der Waals surface area contributed by atoms with Crippen molar-refractivity contribution in [3.63, 3.8) is 0 Å². The normalized spacial score (nSPS) is 19.6. The summed E-state index contributed by atoms with van der Waals surface area (Å²) in [6.45, 7) is 8.25. The first-order chi connectivity index (χ1) is 7.50. The lowest BCUT2D eigenvalue weighted by atomic mass is 9.91. The fourth-order valence-electron chi connectivity index (χ4n) is 2.65. The second-order valence-electron chi connectivity index (χ2n) is 5.82. The molecule has 1 N–H and O–H groups in total. The van der Waals surface area contributed by atoms with Crippen molar-refractivity contribution in [2.24, 2.45) is 11.8 Å². The second-order valence-corrected chi connectivity index (χ2v) is 5.82. The molecule has 0 heterocycles. The molecular weight excluding hydrogens is 198 g/mol. The predicted octanol–water partition coefficient (Wildman–Crippen LogP) is 3.16. The van der Waals surface area contributed by atoms with Gasteiger partial charge in [0, 0.05) is 12.0 Å². The van der Waals surface area contributed by atoms with Gasteiger partial charge in [0.05, 0.1) is 6.04 Å². The van der Waals surface area contributed by atoms with Crippen LogP contribution in [0.4, 0.5) is 0 Å². The van der Waals surface area contributed by atoms with Gasteiger partial charge in [0.1, 0.15) is 0 Å². The minimum atomic E-state index is 0.0862. The van der Waals surface area contributed by atoms with Crippen LogP contribution in [0, 0.1) is 11.8 Å². The van der Waals surface area contributed by atoms with E-state index in [1.165, 1.54) is 25.7 Å². The molecule has 0 saturated heterocycles. The molecule has 1 rings (SSSR count). The maximum absolute atomic E-state index is 12.1. The van der Waals surface area contributed by atoms with Crippen molar-refractivity contribution in [3.8, 4) is 0 Å². The van der Waals surface area contributed by atoms with Gasteiger partial charge in [-0.05, 0) is 12.3 Å². The summed E-state index contributed by atoms with van der Waals surface area (Å²) in [5.74, 6) is 1.32. The van der Waals surface area contributed by atoms with Crippen LogP contribution in [0.1, 0.15) is 59.8 Å². The highest BCUT2D eigenvalue weighted by Crippen LogP contribution is 2.29. The van der Waals surface area contributed by atoms with Gasteiger partial charge >= 0.3 is 0 Å². The first-order valence-corrected chi connectivity index (χ1v) is 6.80. The Balaban J connectivity index is 2.51. The highest BCUT2D eigenvalue weighted by Gasteiger charge is 2.26. The zero-order valence-electron chi connectivity index (χ0n) is 11.3. The summed E-state index contributed by atoms with van der Waals surface area (Å²) in [5, 5.41) is 3.44. The zero-order valence-corrected chi connectivity index (χ0v) is 11.3. The largest absolute Gasteiger partial charge is 0.305 e. The minimum Gasteiger partial charge on any atom is -0.305 e. The summed E-state index contributed by atoms with van der Waals surface area (Å²) in [6, 6.07) is 0.484. The van der Waals surface area contributed by atoms with Gasteiger partial charge in [-0.2, -0.15) is 0 Å². The van der Waals surface area contributed by atoms with Crippen LogP contribution in [0.5, 0.6) is 0 Å². The average molecular weight is 225 g/mol. The van der Waals surface area contributed by atoms with Crippen molar-refractivity contribution < 1.29 is 4.79 Å². The van der Waals surface area contributed by atoms with E-state index >= 15 is 0 Å². The summed E-state index contributed by atoms with van der Waals surface area (Å²) < 4.78 is 0. The molecular formula is C14H27NO. The predicted molar refractivity (Wildman–Crippen MR) is 68.5 cm³/mol. The van der Waals surface area contributed by atoms with Crippen LogP contribution < -0.4 is 5.32 Å². The fraction of sp³-hybridized carbons (Fsp3) is 0.929. The maximum atomic E-state index is 12.1. The van der Waals surface area contributed by atoms with Gasteiger partial charge in [-0.1, -0.05) is 53.4 Å². The molecule has 2 heteroatoms. The molecule has 1 unspecified atom stereocenters. The van der Waals surface area contributed by atoms with Crippen LogP contribution in [0.2, 0.25) is 0 Å². The number of carbonyl (C=O) groups is 1. The lowest BCUT2D eigenvalue weighted by molar-refractivity contribution is -0.124. The minimum absolute atomic E-state index is 0.0862. The Morgan fingerprint density at radius 2 is 1.75 bits per heavy atom. The summed E-state index contributed by atoms with van der Waals surface area (Å²) in [5.41, 5.74) is 0. The Hall–Kier alpha value is -0.370. The molecule has 0 aromatic carbocycles. The molecule has 0 spiro atoms. The lowest BCUT2D eigenvalue weighted by Gasteiger charge is -2.24. The topological polar surface area (TPSA) is 29.1 Å². The molecule has 1 atom stereocenters. The molecule has 2 nitrogen and oxygen atoms in total. The smallest absolute Gasteiger partial charge is 0.152 e. The monoisotopic (exact) mass is 225 g/mol. The quantitative estimate of drug-likeness (QED) is 0.752. The molecule has 0 aliphatic heterocycles. The van der Waals surface area contributed by atoms with Gasteiger partial charge in [0.25, 0.3) is 0 Å². The van der Waals surface area contributed by atoms with Crippen molar-refractivity contribution in [3.05, 3.63) is 0 Å². The van der Waals surface area contributed by atoms with E-state index in [-0.39, 0.29) is 12.0 Å². The molecule has 1 saturated carbocycles. The van der Waals surface area contributed by atoms with Crippen LogP contribution in [-0.2, 0) is 4.79 Å². The molecule has 1 aliphatic carbocycles. The molecule has 0 amide bonds. The van der Waals surface area contributed by atoms with E-state index < -0.39 is 0 Å². The molecule has 94 valence electrons. The Morgan fingerprint density at radius 1 is 1.19 bits per heavy atom. The number of Topliss-reactive ketones (excluding diaryl/α,β-unsaturated/α-hetero) is 1. The van der Waals surface area contributed by atoms with Crippen LogP contribution >= 0.6 is 0 Å². The fourth-order valence-corrected chi connectivity index (χ4v) is 2.65. The Bertz CT molecular complexity index is 217. The van der Waals surface area contributed by atoms with Gasteiger partial charge in [-0.25, -0.2) is 0 Å². The number of rotatable bonds is 6. The molecule has 0 aromatic rings. The molecule has 0 radical (unpaired) electrons. The third-order valence-electron chi connectivity index (χ3n) is 3.49. The zero-order chi connectivity index (χ0) is 12.1. The molecule has 16 heavy (non-hydrogen) atoms. The first-order valence-electron chi connectivity index (χ1n) is 6.80. The number of ketones is 1. The summed E-state index contributed by atoms with van der Waals surface area (Å²) in [4.78, 5) is 12.1.